The van der Waals surface area contributed by atoms with E-state index in [-0.39, 0.29) is 0 Å². The van der Waals surface area contributed by atoms with Crippen molar-refractivity contribution in [3.8, 4) is 17.2 Å². The Hall–Kier alpha value is -3.52. The van der Waals surface area contributed by atoms with E-state index in [0.717, 1.165) is 5.69 Å². The summed E-state index contributed by atoms with van der Waals surface area (Å²) in [5.41, 5.74) is 6.75. The molecule has 0 unspecified atom stereocenters. The summed E-state index contributed by atoms with van der Waals surface area (Å²) >= 11 is 6.02. The summed E-state index contributed by atoms with van der Waals surface area (Å²) in [5, 5.41) is 4.80. The molecule has 0 radical (unpaired) electrons. The highest BCUT2D eigenvalue weighted by atomic mass is 35.5. The summed E-state index contributed by atoms with van der Waals surface area (Å²) in [6.07, 6.45) is 1.43. The van der Waals surface area contributed by atoms with Crippen LogP contribution in [0.15, 0.2) is 48.7 Å². The molecule has 1 heterocycles. The molecule has 2 aromatic carbocycles. The molecule has 8 nitrogen and oxygen atoms in total. The summed E-state index contributed by atoms with van der Waals surface area (Å²) in [7, 11) is 1.49. The number of aromatic nitrogens is 2. The minimum Gasteiger partial charge on any atom is -0.493 e. The molecule has 0 aliphatic heterocycles. The van der Waals surface area contributed by atoms with E-state index < -0.39 is 11.8 Å². The van der Waals surface area contributed by atoms with Crippen LogP contribution in [0.1, 0.15) is 33.3 Å². The number of hydrazine groups is 1. The van der Waals surface area contributed by atoms with Crippen molar-refractivity contribution in [1.29, 1.82) is 0 Å². The van der Waals surface area contributed by atoms with Gasteiger partial charge in [-0.1, -0.05) is 17.7 Å². The Morgan fingerprint density at radius 1 is 1.10 bits per heavy atom. The first-order valence-corrected chi connectivity index (χ1v) is 9.54. The van der Waals surface area contributed by atoms with Gasteiger partial charge in [-0.25, -0.2) is 4.68 Å². The Morgan fingerprint density at radius 3 is 2.57 bits per heavy atom. The van der Waals surface area contributed by atoms with Crippen molar-refractivity contribution >= 4 is 23.4 Å². The Balaban J connectivity index is 1.69. The van der Waals surface area contributed by atoms with Gasteiger partial charge in [0.15, 0.2) is 11.5 Å². The number of halogens is 1. The molecule has 0 atom stereocenters. The lowest BCUT2D eigenvalue weighted by Gasteiger charge is -2.11. The molecule has 0 saturated heterocycles. The zero-order valence-corrected chi connectivity index (χ0v) is 17.5. The molecule has 0 spiro atoms. The smallest absolute Gasteiger partial charge is 0.273 e. The van der Waals surface area contributed by atoms with Crippen molar-refractivity contribution < 1.29 is 19.1 Å². The third-order valence-electron chi connectivity index (χ3n) is 4.32. The number of amides is 2. The van der Waals surface area contributed by atoms with Crippen LogP contribution in [-0.4, -0.2) is 35.3 Å². The van der Waals surface area contributed by atoms with Gasteiger partial charge in [0.05, 0.1) is 36.9 Å². The number of benzene rings is 2. The standard InChI is InChI=1S/C21H21ClN4O4/c1-4-30-18-9-8-14(10-19(18)29-3)20(27)24-25-21(28)17-12-23-26(13(17)2)16-7-5-6-15(22)11-16/h5-12H,4H2,1-3H3,(H,24,27)(H,25,28). The quantitative estimate of drug-likeness (QED) is 0.587. The van der Waals surface area contributed by atoms with Crippen LogP contribution in [-0.2, 0) is 0 Å². The zero-order chi connectivity index (χ0) is 21.7. The maximum Gasteiger partial charge on any atom is 0.273 e. The SMILES string of the molecule is CCOc1ccc(C(=O)NNC(=O)c2cnn(-c3cccc(Cl)c3)c2C)cc1OC. The largest absolute Gasteiger partial charge is 0.493 e. The van der Waals surface area contributed by atoms with Gasteiger partial charge in [0.25, 0.3) is 11.8 Å². The van der Waals surface area contributed by atoms with E-state index in [1.807, 2.05) is 13.0 Å². The third kappa shape index (κ3) is 4.55. The molecule has 0 fully saturated rings. The van der Waals surface area contributed by atoms with Crippen molar-refractivity contribution in [3.63, 3.8) is 0 Å². The second-order valence-corrected chi connectivity index (χ2v) is 6.68. The van der Waals surface area contributed by atoms with Crippen LogP contribution in [0.4, 0.5) is 0 Å². The molecular weight excluding hydrogens is 408 g/mol. The van der Waals surface area contributed by atoms with Gasteiger partial charge < -0.3 is 9.47 Å². The molecule has 2 N–H and O–H groups in total. The van der Waals surface area contributed by atoms with Gasteiger partial charge in [0.1, 0.15) is 0 Å². The van der Waals surface area contributed by atoms with Crippen LogP contribution in [0.3, 0.4) is 0 Å². The highest BCUT2D eigenvalue weighted by Gasteiger charge is 2.17. The Labute approximate surface area is 178 Å². The molecular formula is C21H21ClN4O4. The van der Waals surface area contributed by atoms with Gasteiger partial charge >= 0.3 is 0 Å². The van der Waals surface area contributed by atoms with Gasteiger partial charge in [0.2, 0.25) is 0 Å². The van der Waals surface area contributed by atoms with E-state index in [4.69, 9.17) is 21.1 Å². The molecule has 30 heavy (non-hydrogen) atoms. The lowest BCUT2D eigenvalue weighted by molar-refractivity contribution is 0.0846. The van der Waals surface area contributed by atoms with Gasteiger partial charge in [-0.2, -0.15) is 5.10 Å². The molecule has 0 aliphatic rings. The summed E-state index contributed by atoms with van der Waals surface area (Å²) in [5.74, 6) is -0.0317. The minimum absolute atomic E-state index is 0.307. The molecule has 0 saturated carbocycles. The maximum atomic E-state index is 12.5. The minimum atomic E-state index is -0.496. The van der Waals surface area contributed by atoms with E-state index in [1.54, 1.807) is 41.9 Å². The first kappa shape index (κ1) is 21.2. The molecule has 3 aromatic rings. The normalized spacial score (nSPS) is 10.4. The first-order chi connectivity index (χ1) is 14.4. The number of carbonyl (C=O) groups excluding carboxylic acids is 2. The summed E-state index contributed by atoms with van der Waals surface area (Å²) in [6, 6.07) is 11.9. The molecule has 1 aromatic heterocycles. The zero-order valence-electron chi connectivity index (χ0n) is 16.7. The second-order valence-electron chi connectivity index (χ2n) is 6.24. The molecule has 0 aliphatic carbocycles. The fourth-order valence-corrected chi connectivity index (χ4v) is 3.02. The van der Waals surface area contributed by atoms with Crippen LogP contribution < -0.4 is 20.3 Å². The van der Waals surface area contributed by atoms with Crippen molar-refractivity contribution in [3.05, 3.63) is 70.5 Å². The predicted octanol–water partition coefficient (Wildman–Crippen LogP) is 3.32. The van der Waals surface area contributed by atoms with Crippen molar-refractivity contribution in [2.24, 2.45) is 0 Å². The fourth-order valence-electron chi connectivity index (χ4n) is 2.84. The average Bonchev–Trinajstić information content (AvgIpc) is 3.13. The Kier molecular flexibility index (Phi) is 6.58. The van der Waals surface area contributed by atoms with Crippen LogP contribution in [0.5, 0.6) is 11.5 Å². The van der Waals surface area contributed by atoms with Crippen LogP contribution in [0, 0.1) is 6.92 Å². The van der Waals surface area contributed by atoms with Gasteiger partial charge in [-0.3, -0.25) is 20.4 Å². The van der Waals surface area contributed by atoms with Gasteiger partial charge in [-0.05, 0) is 50.2 Å². The summed E-state index contributed by atoms with van der Waals surface area (Å²) < 4.78 is 12.3. The average molecular weight is 429 g/mol. The molecule has 2 amide bonds. The highest BCUT2D eigenvalue weighted by Crippen LogP contribution is 2.28. The van der Waals surface area contributed by atoms with Crippen LogP contribution >= 0.6 is 11.6 Å². The lowest BCUT2D eigenvalue weighted by Crippen LogP contribution is -2.41. The van der Waals surface area contributed by atoms with Gasteiger partial charge in [-0.15, -0.1) is 0 Å². The number of hydrogen-bond donors (Lipinski definition) is 2. The number of rotatable bonds is 6. The fraction of sp³-hybridized carbons (Fsp3) is 0.190. The van der Waals surface area contributed by atoms with Gasteiger partial charge in [0, 0.05) is 10.6 Å². The van der Waals surface area contributed by atoms with E-state index in [1.165, 1.54) is 19.4 Å². The first-order valence-electron chi connectivity index (χ1n) is 9.16. The maximum absolute atomic E-state index is 12.5. The second kappa shape index (κ2) is 9.32. The van der Waals surface area contributed by atoms with E-state index in [9.17, 15) is 9.59 Å². The summed E-state index contributed by atoms with van der Waals surface area (Å²) in [6.45, 7) is 4.08. The van der Waals surface area contributed by atoms with E-state index in [2.05, 4.69) is 16.0 Å². The number of carbonyl (C=O) groups is 2. The van der Waals surface area contributed by atoms with E-state index in [0.29, 0.717) is 39.9 Å². The van der Waals surface area contributed by atoms with Crippen LogP contribution in [0.25, 0.3) is 5.69 Å². The number of ether oxygens (including phenoxy) is 2. The molecule has 0 bridgehead atoms. The number of nitrogens with one attached hydrogen (secondary N) is 2. The molecule has 156 valence electrons. The number of methoxy groups -OCH3 is 1. The predicted molar refractivity (Wildman–Crippen MR) is 112 cm³/mol. The Morgan fingerprint density at radius 2 is 1.87 bits per heavy atom. The monoisotopic (exact) mass is 428 g/mol. The third-order valence-corrected chi connectivity index (χ3v) is 4.56. The summed E-state index contributed by atoms with van der Waals surface area (Å²) in [4.78, 5) is 24.9. The highest BCUT2D eigenvalue weighted by molar-refractivity contribution is 6.30. The lowest BCUT2D eigenvalue weighted by atomic mass is 10.2. The Bertz CT molecular complexity index is 1080. The molecule has 3 rings (SSSR count). The number of hydrogen-bond acceptors (Lipinski definition) is 5. The van der Waals surface area contributed by atoms with Crippen LogP contribution in [0.2, 0.25) is 5.02 Å². The van der Waals surface area contributed by atoms with E-state index >= 15 is 0 Å². The molecule has 9 heteroatoms. The number of nitrogens with zero attached hydrogens (tertiary/aromatic N) is 2. The van der Waals surface area contributed by atoms with Crippen molar-refractivity contribution in [2.45, 2.75) is 13.8 Å². The van der Waals surface area contributed by atoms with Crippen molar-refractivity contribution in [1.82, 2.24) is 20.6 Å². The van der Waals surface area contributed by atoms with Crippen molar-refractivity contribution in [2.75, 3.05) is 13.7 Å². The topological polar surface area (TPSA) is 94.5 Å².